The van der Waals surface area contributed by atoms with Crippen molar-refractivity contribution in [3.8, 4) is 0 Å². The molecular formula is C37H43IO8. The summed E-state index contributed by atoms with van der Waals surface area (Å²) in [6, 6.07) is 9.45. The van der Waals surface area contributed by atoms with Crippen molar-refractivity contribution in [3.63, 3.8) is 0 Å². The number of halogens is 1. The number of esters is 2. The molecule has 9 heteroatoms. The van der Waals surface area contributed by atoms with Gasteiger partial charge in [0.2, 0.25) is 0 Å². The Balaban J connectivity index is 1.04. The van der Waals surface area contributed by atoms with Crippen LogP contribution in [0, 0.1) is 43.5 Å². The molecule has 8 nitrogen and oxygen atoms in total. The molecule has 1 spiro atoms. The van der Waals surface area contributed by atoms with Gasteiger partial charge in [0.15, 0.2) is 0 Å². The van der Waals surface area contributed by atoms with Gasteiger partial charge in [0.05, 0.1) is 0 Å². The van der Waals surface area contributed by atoms with Crippen molar-refractivity contribution in [1.82, 2.24) is 0 Å². The predicted octanol–water partition coefficient (Wildman–Crippen LogP) is 7.20. The van der Waals surface area contributed by atoms with Crippen molar-refractivity contribution in [3.05, 3.63) is 58.2 Å². The summed E-state index contributed by atoms with van der Waals surface area (Å²) in [6.45, 7) is 10.9. The van der Waals surface area contributed by atoms with E-state index >= 15 is 0 Å². The van der Waals surface area contributed by atoms with Crippen LogP contribution < -0.4 is 0 Å². The van der Waals surface area contributed by atoms with E-state index in [4.69, 9.17) is 15.6 Å². The van der Waals surface area contributed by atoms with Crippen LogP contribution in [0.2, 0.25) is 0 Å². The summed E-state index contributed by atoms with van der Waals surface area (Å²) in [7, 11) is 0. The zero-order valence-electron chi connectivity index (χ0n) is 26.7. The van der Waals surface area contributed by atoms with Crippen LogP contribution in [-0.2, 0) is 34.8 Å². The quantitative estimate of drug-likeness (QED) is 0.149. The van der Waals surface area contributed by atoms with Crippen LogP contribution in [-0.4, -0.2) is 35.1 Å². The van der Waals surface area contributed by atoms with Gasteiger partial charge >= 0.3 is 280 Å². The number of hydrogen-bond donors (Lipinski definition) is 0. The number of benzene rings is 1. The first-order valence-corrected chi connectivity index (χ1v) is 19.6. The molecule has 7 atom stereocenters. The van der Waals surface area contributed by atoms with Gasteiger partial charge < -0.3 is 0 Å². The molecule has 0 saturated heterocycles. The number of ether oxygens (including phenoxy) is 2. The maximum absolute atomic E-state index is 14.4. The molecule has 8 fully saturated rings. The van der Waals surface area contributed by atoms with Gasteiger partial charge in [-0.2, -0.15) is 0 Å². The van der Waals surface area contributed by atoms with E-state index in [2.05, 4.69) is 13.2 Å². The van der Waals surface area contributed by atoms with E-state index in [-0.39, 0.29) is 35.2 Å². The van der Waals surface area contributed by atoms with E-state index < -0.39 is 48.7 Å². The van der Waals surface area contributed by atoms with E-state index in [0.717, 1.165) is 48.5 Å². The second-order valence-electron chi connectivity index (χ2n) is 16.2. The van der Waals surface area contributed by atoms with Crippen LogP contribution in [0.15, 0.2) is 54.6 Å². The summed E-state index contributed by atoms with van der Waals surface area (Å²) in [5.41, 5.74) is -2.02. The predicted molar refractivity (Wildman–Crippen MR) is 175 cm³/mol. The molecule has 246 valence electrons. The molecule has 0 aliphatic heterocycles. The monoisotopic (exact) mass is 742 g/mol. The maximum atomic E-state index is 14.4. The van der Waals surface area contributed by atoms with Gasteiger partial charge in [0, 0.05) is 0 Å². The molecule has 0 N–H and O–H groups in total. The van der Waals surface area contributed by atoms with E-state index in [1.807, 2.05) is 30.3 Å². The Morgan fingerprint density at radius 2 is 1.28 bits per heavy atom. The van der Waals surface area contributed by atoms with Crippen molar-refractivity contribution in [2.24, 2.45) is 39.9 Å². The Hall–Kier alpha value is -2.69. The molecule has 7 unspecified atom stereocenters. The third kappa shape index (κ3) is 4.41. The Bertz CT molecular complexity index is 1550. The third-order valence-electron chi connectivity index (χ3n) is 12.9. The zero-order chi connectivity index (χ0) is 32.3. The Morgan fingerprint density at radius 3 is 1.91 bits per heavy atom. The molecule has 1 aromatic carbocycles. The first-order valence-electron chi connectivity index (χ1n) is 16.8. The van der Waals surface area contributed by atoms with Crippen LogP contribution in [0.5, 0.6) is 0 Å². The first-order chi connectivity index (χ1) is 21.8. The van der Waals surface area contributed by atoms with Crippen molar-refractivity contribution in [2.75, 3.05) is 0 Å². The van der Waals surface area contributed by atoms with E-state index in [1.54, 1.807) is 13.8 Å². The first kappa shape index (κ1) is 30.6. The average molecular weight is 743 g/mol. The molecule has 7 bridgehead atoms. The van der Waals surface area contributed by atoms with Crippen molar-refractivity contribution < 1.29 is 34.8 Å². The number of fused-ring (bicyclic) bond motifs is 2. The van der Waals surface area contributed by atoms with Crippen molar-refractivity contribution in [1.29, 1.82) is 0 Å². The van der Waals surface area contributed by atoms with Crippen LogP contribution >= 0.6 is 20.6 Å². The van der Waals surface area contributed by atoms with E-state index in [0.29, 0.717) is 55.1 Å². The molecule has 8 saturated carbocycles. The van der Waals surface area contributed by atoms with Gasteiger partial charge in [-0.3, -0.25) is 0 Å². The van der Waals surface area contributed by atoms with Crippen LogP contribution in [0.4, 0.5) is 0 Å². The molecule has 0 radical (unpaired) electrons. The summed E-state index contributed by atoms with van der Waals surface area (Å²) >= 11 is -3.25. The average Bonchev–Trinajstić information content (AvgIpc) is 3.29. The molecule has 46 heavy (non-hydrogen) atoms. The standard InChI is InChI=1S/C37H43IO8/c1-22(2)29(39)43-35-14-24-10-25(15-35)12-33(11-24,20-35)31(41)45-38(28-8-6-5-7-9-28)46-32(42)34-13-26-16-36(21-34)27(18-34)19-37(36,17-26)44-30(40)23(3)4/h5-9,24-27H,1,3,10-21H2,2,4H3. The summed E-state index contributed by atoms with van der Waals surface area (Å²) < 4.78 is 25.9. The van der Waals surface area contributed by atoms with E-state index in [1.165, 1.54) is 0 Å². The molecule has 9 rings (SSSR count). The second kappa shape index (κ2) is 10.2. The fourth-order valence-electron chi connectivity index (χ4n) is 11.8. The van der Waals surface area contributed by atoms with E-state index in [9.17, 15) is 19.2 Å². The van der Waals surface area contributed by atoms with Crippen molar-refractivity contribution >= 4 is 44.5 Å². The second-order valence-corrected chi connectivity index (χ2v) is 19.6. The minimum absolute atomic E-state index is 0.183. The number of hydrogen-bond acceptors (Lipinski definition) is 8. The van der Waals surface area contributed by atoms with Crippen LogP contribution in [0.25, 0.3) is 0 Å². The third-order valence-corrected chi connectivity index (χ3v) is 16.2. The number of carbonyl (C=O) groups excluding carboxylic acids is 4. The molecule has 8 aliphatic carbocycles. The fourth-order valence-corrected chi connectivity index (χ4v) is 15.1. The molecule has 8 aliphatic rings. The normalized spacial score (nSPS) is 42.0. The Morgan fingerprint density at radius 1 is 0.696 bits per heavy atom. The van der Waals surface area contributed by atoms with Gasteiger partial charge in [-0.05, 0) is 0 Å². The SMILES string of the molecule is C=C(C)C(=O)OC12CC3CC(C1)CC(C(=O)OI(OC(=O)C14CC5CC6(OC(=O)C(=C)C)CC(C1)C6(C5)C4)c1ccccc1)(C3)C2. The summed E-state index contributed by atoms with van der Waals surface area (Å²) in [5.74, 6) is -0.125. The topological polar surface area (TPSA) is 105 Å². The van der Waals surface area contributed by atoms with Crippen LogP contribution in [0.3, 0.4) is 0 Å². The van der Waals surface area contributed by atoms with Crippen LogP contribution in [0.1, 0.15) is 90.9 Å². The van der Waals surface area contributed by atoms with Crippen molar-refractivity contribution in [2.45, 2.75) is 102 Å². The van der Waals surface area contributed by atoms with Gasteiger partial charge in [-0.1, -0.05) is 0 Å². The Labute approximate surface area is 278 Å². The number of carbonyl (C=O) groups is 4. The summed E-state index contributed by atoms with van der Waals surface area (Å²) in [4.78, 5) is 54.0. The Kier molecular flexibility index (Phi) is 6.76. The summed E-state index contributed by atoms with van der Waals surface area (Å²) in [5, 5.41) is 0. The number of rotatable bonds is 9. The molecule has 0 amide bonds. The zero-order valence-corrected chi connectivity index (χ0v) is 28.9. The van der Waals surface area contributed by atoms with Gasteiger partial charge in [-0.25, -0.2) is 0 Å². The molecular weight excluding hydrogens is 699 g/mol. The molecule has 1 aromatic rings. The molecule has 0 heterocycles. The summed E-state index contributed by atoms with van der Waals surface area (Å²) in [6.07, 6.45) is 9.09. The molecule has 0 aromatic heterocycles. The fraction of sp³-hybridized carbons (Fsp3) is 0.622. The van der Waals surface area contributed by atoms with Gasteiger partial charge in [0.1, 0.15) is 0 Å². The van der Waals surface area contributed by atoms with Gasteiger partial charge in [0.25, 0.3) is 0 Å². The van der Waals surface area contributed by atoms with Gasteiger partial charge in [-0.15, -0.1) is 0 Å². The minimum atomic E-state index is -3.25.